The number of aromatic nitrogens is 1. The Balaban J connectivity index is 2.79. The third-order valence-corrected chi connectivity index (χ3v) is 2.15. The van der Waals surface area contributed by atoms with E-state index in [9.17, 15) is 0 Å². The molecule has 0 saturated heterocycles. The molecule has 2 aromatic rings. The van der Waals surface area contributed by atoms with Crippen molar-refractivity contribution in [1.29, 1.82) is 0 Å². The number of nitrogens with two attached hydrogens (primary N) is 1. The van der Waals surface area contributed by atoms with Crippen molar-refractivity contribution in [1.82, 2.24) is 4.98 Å². The Hall–Kier alpha value is -1.09. The van der Waals surface area contributed by atoms with Crippen molar-refractivity contribution in [2.45, 2.75) is 0 Å². The van der Waals surface area contributed by atoms with Crippen LogP contribution in [0.5, 0.6) is 0 Å². The smallest absolute Gasteiger partial charge is 0.106 e. The van der Waals surface area contributed by atoms with Crippen LogP contribution in [0.15, 0.2) is 35.1 Å². The topological polar surface area (TPSA) is 38.9 Å². The Bertz CT molecular complexity index is 385. The fourth-order valence-corrected chi connectivity index (χ4v) is 1.48. The van der Waals surface area contributed by atoms with E-state index in [1.54, 1.807) is 6.20 Å². The average Bonchev–Trinajstić information content (AvgIpc) is 2.05. The van der Waals surface area contributed by atoms with Gasteiger partial charge in [0.15, 0.2) is 0 Å². The molecular weight excluding hydrogens is 216 g/mol. The third kappa shape index (κ3) is 1.28. The van der Waals surface area contributed by atoms with Gasteiger partial charge in [0.25, 0.3) is 0 Å². The number of benzene rings is 1. The lowest BCUT2D eigenvalue weighted by Gasteiger charge is -1.98. The van der Waals surface area contributed by atoms with Crippen molar-refractivity contribution >= 4 is 32.4 Å². The van der Waals surface area contributed by atoms with Crippen LogP contribution in [0.3, 0.4) is 0 Å². The fourth-order valence-electron chi connectivity index (χ4n) is 1.13. The van der Waals surface area contributed by atoms with E-state index in [0.717, 1.165) is 21.1 Å². The first-order chi connectivity index (χ1) is 5.75. The van der Waals surface area contributed by atoms with Crippen LogP contribution in [0.1, 0.15) is 0 Å². The minimum Gasteiger partial charge on any atom is -0.399 e. The molecule has 12 heavy (non-hydrogen) atoms. The van der Waals surface area contributed by atoms with Gasteiger partial charge in [-0.3, -0.25) is 0 Å². The van der Waals surface area contributed by atoms with Crippen molar-refractivity contribution in [2.75, 3.05) is 5.73 Å². The van der Waals surface area contributed by atoms with Crippen LogP contribution in [0, 0.1) is 0 Å². The molecule has 60 valence electrons. The number of pyridine rings is 1. The molecule has 0 saturated carbocycles. The van der Waals surface area contributed by atoms with Crippen molar-refractivity contribution in [3.8, 4) is 0 Å². The van der Waals surface area contributed by atoms with Crippen LogP contribution in [-0.2, 0) is 0 Å². The zero-order chi connectivity index (χ0) is 8.55. The highest BCUT2D eigenvalue weighted by atomic mass is 79.9. The predicted octanol–water partition coefficient (Wildman–Crippen LogP) is 2.58. The average molecular weight is 223 g/mol. The summed E-state index contributed by atoms with van der Waals surface area (Å²) in [4.78, 5) is 4.11. The standard InChI is InChI=1S/C9H7BrN2/c10-9-4-6-1-2-8(11)3-7(6)5-12-9/h1-5H,11H2. The molecule has 2 nitrogen and oxygen atoms in total. The Labute approximate surface area is 78.5 Å². The van der Waals surface area contributed by atoms with Gasteiger partial charge < -0.3 is 5.73 Å². The van der Waals surface area contributed by atoms with Crippen LogP contribution >= 0.6 is 15.9 Å². The molecule has 0 amide bonds. The molecule has 2 rings (SSSR count). The molecule has 2 N–H and O–H groups in total. The maximum atomic E-state index is 5.62. The normalized spacial score (nSPS) is 10.4. The minimum atomic E-state index is 0.770. The highest BCUT2D eigenvalue weighted by molar-refractivity contribution is 9.10. The first-order valence-electron chi connectivity index (χ1n) is 3.56. The molecular formula is C9H7BrN2. The van der Waals surface area contributed by atoms with Gasteiger partial charge >= 0.3 is 0 Å². The number of hydrogen-bond acceptors (Lipinski definition) is 2. The molecule has 0 fully saturated rings. The van der Waals surface area contributed by atoms with Crippen molar-refractivity contribution in [3.05, 3.63) is 35.1 Å². The molecule has 0 atom stereocenters. The molecule has 0 aliphatic heterocycles. The third-order valence-electron chi connectivity index (χ3n) is 1.71. The first-order valence-corrected chi connectivity index (χ1v) is 4.36. The van der Waals surface area contributed by atoms with E-state index < -0.39 is 0 Å². The lowest BCUT2D eigenvalue weighted by molar-refractivity contribution is 1.31. The molecule has 3 heteroatoms. The van der Waals surface area contributed by atoms with Crippen LogP contribution in [0.4, 0.5) is 5.69 Å². The van der Waals surface area contributed by atoms with E-state index >= 15 is 0 Å². The highest BCUT2D eigenvalue weighted by Crippen LogP contribution is 2.19. The molecule has 0 radical (unpaired) electrons. The van der Waals surface area contributed by atoms with Crippen molar-refractivity contribution in [3.63, 3.8) is 0 Å². The minimum absolute atomic E-state index is 0.770. The maximum absolute atomic E-state index is 5.62. The number of nitrogen functional groups attached to an aromatic ring is 1. The van der Waals surface area contributed by atoms with Crippen molar-refractivity contribution in [2.24, 2.45) is 0 Å². The summed E-state index contributed by atoms with van der Waals surface area (Å²) in [6.07, 6.45) is 1.80. The Morgan fingerprint density at radius 1 is 1.17 bits per heavy atom. The summed E-state index contributed by atoms with van der Waals surface area (Å²) < 4.78 is 0.847. The first kappa shape index (κ1) is 7.55. The lowest BCUT2D eigenvalue weighted by Crippen LogP contribution is -1.84. The summed E-state index contributed by atoms with van der Waals surface area (Å²) in [5.41, 5.74) is 6.39. The van der Waals surface area contributed by atoms with Crippen LogP contribution < -0.4 is 5.73 Å². The van der Waals surface area contributed by atoms with Crippen molar-refractivity contribution < 1.29 is 0 Å². The molecule has 0 unspecified atom stereocenters. The van der Waals surface area contributed by atoms with Crippen LogP contribution in [-0.4, -0.2) is 4.98 Å². The molecule has 0 bridgehead atoms. The Morgan fingerprint density at radius 3 is 2.83 bits per heavy atom. The van der Waals surface area contributed by atoms with Gasteiger partial charge in [-0.2, -0.15) is 0 Å². The molecule has 0 aliphatic rings. The molecule has 1 aromatic carbocycles. The summed E-state index contributed by atoms with van der Waals surface area (Å²) >= 11 is 3.31. The van der Waals surface area contributed by atoms with Gasteiger partial charge in [0, 0.05) is 17.3 Å². The van der Waals surface area contributed by atoms with E-state index in [4.69, 9.17) is 5.73 Å². The van der Waals surface area contributed by atoms with Gasteiger partial charge in [-0.15, -0.1) is 0 Å². The number of halogens is 1. The summed E-state index contributed by atoms with van der Waals surface area (Å²) in [6, 6.07) is 7.75. The molecule has 0 spiro atoms. The van der Waals surface area contributed by atoms with Gasteiger partial charge in [-0.25, -0.2) is 4.98 Å². The number of anilines is 1. The second-order valence-electron chi connectivity index (χ2n) is 2.61. The number of fused-ring (bicyclic) bond motifs is 1. The largest absolute Gasteiger partial charge is 0.399 e. The van der Waals surface area contributed by atoms with E-state index in [1.165, 1.54) is 0 Å². The number of nitrogens with zero attached hydrogens (tertiary/aromatic N) is 1. The second-order valence-corrected chi connectivity index (χ2v) is 3.43. The summed E-state index contributed by atoms with van der Waals surface area (Å²) in [5, 5.41) is 2.21. The maximum Gasteiger partial charge on any atom is 0.106 e. The summed E-state index contributed by atoms with van der Waals surface area (Å²) in [7, 11) is 0. The highest BCUT2D eigenvalue weighted by Gasteiger charge is 1.94. The lowest BCUT2D eigenvalue weighted by atomic mass is 10.2. The fraction of sp³-hybridized carbons (Fsp3) is 0. The summed E-state index contributed by atoms with van der Waals surface area (Å²) in [6.45, 7) is 0. The van der Waals surface area contributed by atoms with Gasteiger partial charge in [0.2, 0.25) is 0 Å². The quantitative estimate of drug-likeness (QED) is 0.550. The monoisotopic (exact) mass is 222 g/mol. The Kier molecular flexibility index (Phi) is 1.73. The van der Waals surface area contributed by atoms with Gasteiger partial charge in [-0.1, -0.05) is 6.07 Å². The van der Waals surface area contributed by atoms with E-state index in [0.29, 0.717) is 0 Å². The predicted molar refractivity (Wildman–Crippen MR) is 53.9 cm³/mol. The van der Waals surface area contributed by atoms with Gasteiger partial charge in [-0.05, 0) is 39.5 Å². The molecule has 0 aliphatic carbocycles. The number of hydrogen-bond donors (Lipinski definition) is 1. The number of rotatable bonds is 0. The van der Waals surface area contributed by atoms with E-state index in [2.05, 4.69) is 20.9 Å². The molecule has 1 heterocycles. The van der Waals surface area contributed by atoms with Crippen LogP contribution in [0.25, 0.3) is 10.8 Å². The molecule has 1 aromatic heterocycles. The van der Waals surface area contributed by atoms with E-state index in [1.807, 2.05) is 24.3 Å². The zero-order valence-electron chi connectivity index (χ0n) is 6.29. The van der Waals surface area contributed by atoms with Gasteiger partial charge in [0.1, 0.15) is 4.60 Å². The van der Waals surface area contributed by atoms with Gasteiger partial charge in [0.05, 0.1) is 0 Å². The SMILES string of the molecule is Nc1ccc2cc(Br)ncc2c1. The summed E-state index contributed by atoms with van der Waals surface area (Å²) in [5.74, 6) is 0. The van der Waals surface area contributed by atoms with E-state index in [-0.39, 0.29) is 0 Å². The zero-order valence-corrected chi connectivity index (χ0v) is 7.88. The Morgan fingerprint density at radius 2 is 2.00 bits per heavy atom. The van der Waals surface area contributed by atoms with Crippen LogP contribution in [0.2, 0.25) is 0 Å². The second kappa shape index (κ2) is 2.75.